The van der Waals surface area contributed by atoms with E-state index in [4.69, 9.17) is 10.5 Å². The third-order valence-corrected chi connectivity index (χ3v) is 1.77. The van der Waals surface area contributed by atoms with Crippen LogP contribution in [-0.4, -0.2) is 23.9 Å². The molecule has 0 aliphatic rings. The molecule has 0 spiro atoms. The molecule has 0 bridgehead atoms. The lowest BCUT2D eigenvalue weighted by Crippen LogP contribution is -2.41. The largest absolute Gasteiger partial charge is 0.463 e. The molecule has 0 aromatic heterocycles. The summed E-state index contributed by atoms with van der Waals surface area (Å²) in [6.45, 7) is 4.20. The molecule has 0 aromatic rings. The first-order valence-corrected chi connectivity index (χ1v) is 4.70. The van der Waals surface area contributed by atoms with Gasteiger partial charge < -0.3 is 10.5 Å². The van der Waals surface area contributed by atoms with Crippen LogP contribution in [-0.2, 0) is 9.53 Å². The van der Waals surface area contributed by atoms with Crippen molar-refractivity contribution in [3.8, 4) is 0 Å². The minimum absolute atomic E-state index is 0.113. The standard InChI is InChI=1S/C8H17NO2S/c1-3-4-8(2,9)6-11-7(10)5-12/h12H,3-6,9H2,1-2H3. The maximum atomic E-state index is 10.7. The molecule has 1 unspecified atom stereocenters. The summed E-state index contributed by atoms with van der Waals surface area (Å²) in [5.41, 5.74) is 5.43. The second-order valence-electron chi connectivity index (χ2n) is 3.22. The van der Waals surface area contributed by atoms with Crippen molar-refractivity contribution in [2.24, 2.45) is 5.73 Å². The fourth-order valence-electron chi connectivity index (χ4n) is 0.934. The molecule has 1 atom stereocenters. The van der Waals surface area contributed by atoms with Crippen molar-refractivity contribution < 1.29 is 9.53 Å². The van der Waals surface area contributed by atoms with Gasteiger partial charge in [0.1, 0.15) is 6.61 Å². The van der Waals surface area contributed by atoms with Gasteiger partial charge in [-0.25, -0.2) is 0 Å². The van der Waals surface area contributed by atoms with Crippen LogP contribution in [0.5, 0.6) is 0 Å². The first-order chi connectivity index (χ1) is 5.52. The van der Waals surface area contributed by atoms with Crippen LogP contribution >= 0.6 is 12.6 Å². The molecule has 0 rings (SSSR count). The molecule has 12 heavy (non-hydrogen) atoms. The quantitative estimate of drug-likeness (QED) is 0.503. The maximum Gasteiger partial charge on any atom is 0.315 e. The van der Waals surface area contributed by atoms with Gasteiger partial charge in [-0.15, -0.1) is 0 Å². The summed E-state index contributed by atoms with van der Waals surface area (Å²) in [5.74, 6) is -0.200. The third-order valence-electron chi connectivity index (χ3n) is 1.51. The predicted molar refractivity (Wildman–Crippen MR) is 52.3 cm³/mol. The Morgan fingerprint density at radius 1 is 1.67 bits per heavy atom. The summed E-state index contributed by atoms with van der Waals surface area (Å²) in [4.78, 5) is 10.7. The molecule has 0 saturated carbocycles. The van der Waals surface area contributed by atoms with Crippen LogP contribution < -0.4 is 5.73 Å². The van der Waals surface area contributed by atoms with Gasteiger partial charge in [-0.05, 0) is 13.3 Å². The Labute approximate surface area is 79.1 Å². The monoisotopic (exact) mass is 191 g/mol. The molecular formula is C8H17NO2S. The number of rotatable bonds is 5. The highest BCUT2D eigenvalue weighted by Crippen LogP contribution is 2.08. The van der Waals surface area contributed by atoms with Crippen molar-refractivity contribution in [1.82, 2.24) is 0 Å². The van der Waals surface area contributed by atoms with Gasteiger partial charge in [0.2, 0.25) is 0 Å². The molecule has 0 fully saturated rings. The van der Waals surface area contributed by atoms with Gasteiger partial charge in [-0.3, -0.25) is 4.79 Å². The predicted octanol–water partition coefficient (Wildman–Crippen LogP) is 0.977. The first kappa shape index (κ1) is 11.8. The summed E-state index contributed by atoms with van der Waals surface area (Å²) in [7, 11) is 0. The molecule has 0 radical (unpaired) electrons. The van der Waals surface area contributed by atoms with Crippen LogP contribution in [0, 0.1) is 0 Å². The van der Waals surface area contributed by atoms with Crippen molar-refractivity contribution in [3.05, 3.63) is 0 Å². The summed E-state index contributed by atoms with van der Waals surface area (Å²) < 4.78 is 4.87. The van der Waals surface area contributed by atoms with E-state index in [1.807, 2.05) is 13.8 Å². The Bertz CT molecular complexity index is 148. The van der Waals surface area contributed by atoms with Crippen molar-refractivity contribution in [3.63, 3.8) is 0 Å². The van der Waals surface area contributed by atoms with E-state index >= 15 is 0 Å². The Morgan fingerprint density at radius 3 is 2.67 bits per heavy atom. The van der Waals surface area contributed by atoms with Crippen LogP contribution in [0.1, 0.15) is 26.7 Å². The van der Waals surface area contributed by atoms with Crippen LogP contribution in [0.2, 0.25) is 0 Å². The molecular weight excluding hydrogens is 174 g/mol. The first-order valence-electron chi connectivity index (χ1n) is 4.07. The molecule has 0 aromatic carbocycles. The van der Waals surface area contributed by atoms with Crippen LogP contribution in [0.25, 0.3) is 0 Å². The van der Waals surface area contributed by atoms with Gasteiger partial charge in [-0.1, -0.05) is 13.3 Å². The Balaban J connectivity index is 3.67. The average molecular weight is 191 g/mol. The van der Waals surface area contributed by atoms with Gasteiger partial charge in [0, 0.05) is 5.54 Å². The van der Waals surface area contributed by atoms with Gasteiger partial charge in [0.25, 0.3) is 0 Å². The molecule has 0 saturated heterocycles. The molecule has 72 valence electrons. The SMILES string of the molecule is CCCC(C)(N)COC(=O)CS. The average Bonchev–Trinajstić information content (AvgIpc) is 2.00. The zero-order valence-corrected chi connectivity index (χ0v) is 8.56. The fourth-order valence-corrected chi connectivity index (χ4v) is 1.03. The van der Waals surface area contributed by atoms with E-state index in [-0.39, 0.29) is 18.3 Å². The second-order valence-corrected chi connectivity index (χ2v) is 3.54. The van der Waals surface area contributed by atoms with Crippen LogP contribution in [0.15, 0.2) is 0 Å². The summed E-state index contributed by atoms with van der Waals surface area (Å²) in [6, 6.07) is 0. The number of hydrogen-bond acceptors (Lipinski definition) is 4. The number of ether oxygens (including phenoxy) is 1. The lowest BCUT2D eigenvalue weighted by molar-refractivity contribution is -0.142. The topological polar surface area (TPSA) is 52.3 Å². The van der Waals surface area contributed by atoms with E-state index in [0.717, 1.165) is 12.8 Å². The summed E-state index contributed by atoms with van der Waals surface area (Å²) >= 11 is 3.78. The minimum atomic E-state index is -0.395. The van der Waals surface area contributed by atoms with Crippen molar-refractivity contribution in [2.45, 2.75) is 32.2 Å². The van der Waals surface area contributed by atoms with Gasteiger partial charge in [-0.2, -0.15) is 12.6 Å². The Kier molecular flexibility index (Phi) is 5.33. The molecule has 2 N–H and O–H groups in total. The zero-order valence-electron chi connectivity index (χ0n) is 7.67. The van der Waals surface area contributed by atoms with Crippen LogP contribution in [0.3, 0.4) is 0 Å². The van der Waals surface area contributed by atoms with E-state index in [9.17, 15) is 4.79 Å². The lowest BCUT2D eigenvalue weighted by Gasteiger charge is -2.23. The molecule has 0 heterocycles. The number of carbonyl (C=O) groups is 1. The maximum absolute atomic E-state index is 10.7. The number of hydrogen-bond donors (Lipinski definition) is 2. The minimum Gasteiger partial charge on any atom is -0.463 e. The Hall–Kier alpha value is -0.220. The lowest BCUT2D eigenvalue weighted by atomic mass is 9.99. The fraction of sp³-hybridized carbons (Fsp3) is 0.875. The number of nitrogens with two attached hydrogens (primary N) is 1. The summed E-state index contributed by atoms with van der Waals surface area (Å²) in [6.07, 6.45) is 1.85. The van der Waals surface area contributed by atoms with E-state index in [1.165, 1.54) is 0 Å². The summed E-state index contributed by atoms with van der Waals surface area (Å²) in [5, 5.41) is 0. The smallest absolute Gasteiger partial charge is 0.315 e. The molecule has 0 aliphatic heterocycles. The number of esters is 1. The number of carbonyl (C=O) groups excluding carboxylic acids is 1. The highest BCUT2D eigenvalue weighted by atomic mass is 32.1. The van der Waals surface area contributed by atoms with Crippen LogP contribution in [0.4, 0.5) is 0 Å². The second kappa shape index (κ2) is 5.43. The van der Waals surface area contributed by atoms with Crippen molar-refractivity contribution in [2.75, 3.05) is 12.4 Å². The molecule has 0 aliphatic carbocycles. The Morgan fingerprint density at radius 2 is 2.25 bits per heavy atom. The highest BCUT2D eigenvalue weighted by molar-refractivity contribution is 7.81. The van der Waals surface area contributed by atoms with E-state index in [0.29, 0.717) is 0 Å². The zero-order chi connectivity index (χ0) is 9.61. The van der Waals surface area contributed by atoms with Crippen molar-refractivity contribution in [1.29, 1.82) is 0 Å². The molecule has 4 heteroatoms. The van der Waals surface area contributed by atoms with Crippen molar-refractivity contribution >= 4 is 18.6 Å². The van der Waals surface area contributed by atoms with E-state index < -0.39 is 5.54 Å². The van der Waals surface area contributed by atoms with Gasteiger partial charge >= 0.3 is 5.97 Å². The van der Waals surface area contributed by atoms with Gasteiger partial charge in [0.05, 0.1) is 5.75 Å². The normalized spacial score (nSPS) is 15.3. The third kappa shape index (κ3) is 5.43. The highest BCUT2D eigenvalue weighted by Gasteiger charge is 2.18. The molecule has 0 amide bonds. The number of thiol groups is 1. The van der Waals surface area contributed by atoms with Gasteiger partial charge in [0.15, 0.2) is 0 Å². The van der Waals surface area contributed by atoms with E-state index in [2.05, 4.69) is 12.6 Å². The molecule has 3 nitrogen and oxygen atoms in total. The van der Waals surface area contributed by atoms with E-state index in [1.54, 1.807) is 0 Å².